The zero-order valence-electron chi connectivity index (χ0n) is 39.7. The van der Waals surface area contributed by atoms with Crippen molar-refractivity contribution in [2.75, 3.05) is 40.1 Å². The van der Waals surface area contributed by atoms with E-state index in [1.807, 2.05) is 0 Å². The summed E-state index contributed by atoms with van der Waals surface area (Å²) in [6, 6.07) is 0. The highest BCUT2D eigenvalue weighted by atomic mass is 16.5. The maximum Gasteiger partial charge on any atom is 0.0815 e. The molecule has 0 spiro atoms. The average molecular weight is 780 g/mol. The summed E-state index contributed by atoms with van der Waals surface area (Å²) in [4.78, 5) is 13.3. The van der Waals surface area contributed by atoms with Crippen LogP contribution >= 0.6 is 0 Å². The number of ether oxygens (including phenoxy) is 3. The Morgan fingerprint density at radius 1 is 0.345 bits per heavy atom. The van der Waals surface area contributed by atoms with Gasteiger partial charge in [-0.2, -0.15) is 0 Å². The van der Waals surface area contributed by atoms with E-state index < -0.39 is 0 Å². The van der Waals surface area contributed by atoms with Crippen LogP contribution in [0.3, 0.4) is 0 Å². The van der Waals surface area contributed by atoms with Crippen LogP contribution in [0.2, 0.25) is 0 Å². The minimum atomic E-state index is -0.0156. The summed E-state index contributed by atoms with van der Waals surface area (Å²) < 4.78 is 15.4. The van der Waals surface area contributed by atoms with Gasteiger partial charge in [-0.05, 0) is 100 Å². The third-order valence-corrected chi connectivity index (χ3v) is 8.81. The number of methoxy groups -OCH3 is 1. The van der Waals surface area contributed by atoms with Crippen LogP contribution in [0, 0.1) is 0 Å². The highest BCUT2D eigenvalue weighted by molar-refractivity contribution is 5.59. The summed E-state index contributed by atoms with van der Waals surface area (Å²) in [5.74, 6) is 0. The molecule has 0 radical (unpaired) electrons. The van der Waals surface area contributed by atoms with Gasteiger partial charge in [0, 0.05) is 13.3 Å². The standard InChI is InChI=1S/C26H53N.C12H25N.C11H23NO3/c1-5-6-7-8-9-10-11-12-13-14-15-16-17-18-19-20-21-22-23-24-25-27-26(2,3)4;1-5-6-7-8-9-10-11-13-12(2,3)4;1-11(2,3)12-5-6-14-9-10-15-8-7-13-4/h25H,5-24H2,1-4H3;11H,5-10H2,1-4H3;5H,6-10H2,1-4H3. The molecule has 6 nitrogen and oxygen atoms in total. The first-order valence-corrected chi connectivity index (χ1v) is 23.4. The minimum absolute atomic E-state index is 0.0156. The molecule has 6 heteroatoms. The Kier molecular flexibility index (Phi) is 46.6. The second kappa shape index (κ2) is 44.0. The monoisotopic (exact) mass is 780 g/mol. The first kappa shape index (κ1) is 58.2. The molecule has 0 unspecified atom stereocenters. The molecule has 0 amide bonds. The highest BCUT2D eigenvalue weighted by Crippen LogP contribution is 2.15. The van der Waals surface area contributed by atoms with Gasteiger partial charge in [-0.3, -0.25) is 15.0 Å². The van der Waals surface area contributed by atoms with Gasteiger partial charge in [-0.15, -0.1) is 0 Å². The van der Waals surface area contributed by atoms with Crippen LogP contribution in [0.5, 0.6) is 0 Å². The predicted molar refractivity (Wildman–Crippen MR) is 250 cm³/mol. The SMILES string of the molecule is CCCCCCCC=NC(C)(C)C.CCCCCCCCCCCCCCCCCCCCCC=NC(C)(C)C.COCCOCCOCC=NC(C)(C)C. The maximum atomic E-state index is 5.29. The summed E-state index contributed by atoms with van der Waals surface area (Å²) in [5.41, 5.74) is 0.204. The van der Waals surface area contributed by atoms with Crippen molar-refractivity contribution in [3.8, 4) is 0 Å². The lowest BCUT2D eigenvalue weighted by Gasteiger charge is -2.10. The largest absolute Gasteiger partial charge is 0.382 e. The second-order valence-corrected chi connectivity index (χ2v) is 18.5. The fraction of sp³-hybridized carbons (Fsp3) is 0.939. The highest BCUT2D eigenvalue weighted by Gasteiger charge is 2.05. The van der Waals surface area contributed by atoms with E-state index in [4.69, 9.17) is 14.2 Å². The smallest absolute Gasteiger partial charge is 0.0815 e. The normalized spacial score (nSPS) is 12.4. The van der Waals surface area contributed by atoms with E-state index in [0.717, 1.165) is 12.8 Å². The molecule has 55 heavy (non-hydrogen) atoms. The van der Waals surface area contributed by atoms with E-state index in [-0.39, 0.29) is 16.6 Å². The lowest BCUT2D eigenvalue weighted by Crippen LogP contribution is -2.12. The van der Waals surface area contributed by atoms with E-state index in [1.165, 1.54) is 154 Å². The van der Waals surface area contributed by atoms with E-state index in [9.17, 15) is 0 Å². The van der Waals surface area contributed by atoms with E-state index in [2.05, 4.69) is 104 Å². The van der Waals surface area contributed by atoms with Crippen molar-refractivity contribution in [1.29, 1.82) is 0 Å². The molecule has 0 fully saturated rings. The first-order valence-electron chi connectivity index (χ1n) is 23.4. The van der Waals surface area contributed by atoms with Crippen molar-refractivity contribution < 1.29 is 14.2 Å². The molecule has 330 valence electrons. The Hall–Kier alpha value is -1.11. The second-order valence-electron chi connectivity index (χ2n) is 18.5. The molecule has 0 aliphatic rings. The average Bonchev–Trinajstić information content (AvgIpc) is 3.10. The van der Waals surface area contributed by atoms with E-state index in [1.54, 1.807) is 13.3 Å². The zero-order chi connectivity index (χ0) is 41.8. The van der Waals surface area contributed by atoms with Gasteiger partial charge >= 0.3 is 0 Å². The number of rotatable bonds is 34. The maximum absolute atomic E-state index is 5.29. The molecular weight excluding hydrogens is 679 g/mol. The summed E-state index contributed by atoms with van der Waals surface area (Å²) in [6.45, 7) is 26.6. The Balaban J connectivity index is -0.000000813. The van der Waals surface area contributed by atoms with Crippen molar-refractivity contribution >= 4 is 18.6 Å². The quantitative estimate of drug-likeness (QED) is 0.0482. The fourth-order valence-corrected chi connectivity index (χ4v) is 5.64. The molecular formula is C49H101N3O3. The lowest BCUT2D eigenvalue weighted by atomic mass is 10.0. The van der Waals surface area contributed by atoms with Gasteiger partial charge in [0.25, 0.3) is 0 Å². The van der Waals surface area contributed by atoms with Gasteiger partial charge < -0.3 is 14.2 Å². The van der Waals surface area contributed by atoms with E-state index in [0.29, 0.717) is 33.0 Å². The van der Waals surface area contributed by atoms with Crippen LogP contribution in [0.4, 0.5) is 0 Å². The number of nitrogens with zero attached hydrogens (tertiary/aromatic N) is 3. The molecule has 0 N–H and O–H groups in total. The molecule has 0 aromatic heterocycles. The zero-order valence-corrected chi connectivity index (χ0v) is 39.7. The van der Waals surface area contributed by atoms with Crippen molar-refractivity contribution in [1.82, 2.24) is 0 Å². The Morgan fingerprint density at radius 3 is 0.927 bits per heavy atom. The van der Waals surface area contributed by atoms with Crippen LogP contribution in [0.25, 0.3) is 0 Å². The van der Waals surface area contributed by atoms with Gasteiger partial charge in [0.2, 0.25) is 0 Å². The number of hydrogen-bond acceptors (Lipinski definition) is 6. The van der Waals surface area contributed by atoms with Gasteiger partial charge in [-0.25, -0.2) is 0 Å². The molecule has 0 saturated heterocycles. The van der Waals surface area contributed by atoms with Gasteiger partial charge in [0.05, 0.1) is 49.7 Å². The summed E-state index contributed by atoms with van der Waals surface area (Å²) >= 11 is 0. The van der Waals surface area contributed by atoms with Crippen LogP contribution in [-0.2, 0) is 14.2 Å². The van der Waals surface area contributed by atoms with Crippen LogP contribution in [0.1, 0.15) is 243 Å². The molecule has 0 aromatic carbocycles. The molecule has 0 aromatic rings. The van der Waals surface area contributed by atoms with Crippen molar-refractivity contribution in [2.24, 2.45) is 15.0 Å². The lowest BCUT2D eigenvalue weighted by molar-refractivity contribution is 0.0338. The van der Waals surface area contributed by atoms with Crippen molar-refractivity contribution in [3.63, 3.8) is 0 Å². The Morgan fingerprint density at radius 2 is 0.618 bits per heavy atom. The topological polar surface area (TPSA) is 64.8 Å². The van der Waals surface area contributed by atoms with Crippen LogP contribution in [-0.4, -0.2) is 75.4 Å². The molecule has 0 bridgehead atoms. The van der Waals surface area contributed by atoms with Crippen LogP contribution < -0.4 is 0 Å². The first-order chi connectivity index (χ1) is 26.2. The molecule has 0 heterocycles. The third-order valence-electron chi connectivity index (χ3n) is 8.81. The molecule has 0 aliphatic carbocycles. The Labute approximate surface area is 346 Å². The van der Waals surface area contributed by atoms with Crippen molar-refractivity contribution in [2.45, 2.75) is 260 Å². The van der Waals surface area contributed by atoms with Gasteiger partial charge in [0.1, 0.15) is 0 Å². The Bertz CT molecular complexity index is 806. The number of hydrogen-bond donors (Lipinski definition) is 0. The summed E-state index contributed by atoms with van der Waals surface area (Å²) in [5, 5.41) is 0. The molecule has 0 rings (SSSR count). The van der Waals surface area contributed by atoms with E-state index >= 15 is 0 Å². The molecule has 0 aliphatic heterocycles. The summed E-state index contributed by atoms with van der Waals surface area (Å²) in [7, 11) is 1.66. The number of unbranched alkanes of at least 4 members (excludes halogenated alkanes) is 24. The van der Waals surface area contributed by atoms with Crippen LogP contribution in [0.15, 0.2) is 15.0 Å². The predicted octanol–water partition coefficient (Wildman–Crippen LogP) is 15.4. The van der Waals surface area contributed by atoms with Gasteiger partial charge in [0.15, 0.2) is 0 Å². The number of aliphatic imine (C=N–C) groups is 3. The minimum Gasteiger partial charge on any atom is -0.382 e. The summed E-state index contributed by atoms with van der Waals surface area (Å²) in [6.07, 6.45) is 42.6. The molecule has 0 atom stereocenters. The van der Waals surface area contributed by atoms with Gasteiger partial charge in [-0.1, -0.05) is 155 Å². The molecule has 0 saturated carbocycles. The van der Waals surface area contributed by atoms with Crippen molar-refractivity contribution in [3.05, 3.63) is 0 Å². The third kappa shape index (κ3) is 68.0. The fourth-order valence-electron chi connectivity index (χ4n) is 5.64.